The van der Waals surface area contributed by atoms with Crippen LogP contribution < -0.4 is 5.32 Å². The van der Waals surface area contributed by atoms with Crippen molar-refractivity contribution in [2.45, 2.75) is 33.3 Å². The topological polar surface area (TPSA) is 34.2 Å². The lowest BCUT2D eigenvalue weighted by atomic mass is 10.5. The Labute approximate surface area is 89.5 Å². The quantitative estimate of drug-likeness (QED) is 0.709. The number of hydrogen-bond acceptors (Lipinski definition) is 4. The maximum Gasteiger partial charge on any atom is 0.182 e. The number of thiazole rings is 1. The zero-order valence-corrected chi connectivity index (χ0v) is 9.69. The molecule has 0 saturated carbocycles. The minimum Gasteiger partial charge on any atom is -0.376 e. The number of hydrogen-bond donors (Lipinski definition) is 1. The average Bonchev–Trinajstić information content (AvgIpc) is 2.63. The third-order valence-corrected chi connectivity index (χ3v) is 2.60. The Balaban J connectivity index is 2.27. The summed E-state index contributed by atoms with van der Waals surface area (Å²) < 4.78 is 5.43. The highest BCUT2D eigenvalue weighted by molar-refractivity contribution is 7.15. The summed E-state index contributed by atoms with van der Waals surface area (Å²) in [4.78, 5) is 5.45. The number of anilines is 1. The highest BCUT2D eigenvalue weighted by Gasteiger charge is 2.00. The second-order valence-electron chi connectivity index (χ2n) is 3.11. The summed E-state index contributed by atoms with van der Waals surface area (Å²) in [5.74, 6) is 0. The smallest absolute Gasteiger partial charge is 0.182 e. The number of aromatic nitrogens is 1. The van der Waals surface area contributed by atoms with Gasteiger partial charge in [-0.1, -0.05) is 25.2 Å². The van der Waals surface area contributed by atoms with Gasteiger partial charge in [0.2, 0.25) is 0 Å². The van der Waals surface area contributed by atoms with E-state index in [1.807, 2.05) is 6.20 Å². The Hall–Kier alpha value is -0.610. The summed E-state index contributed by atoms with van der Waals surface area (Å²) in [6.45, 7) is 6.77. The van der Waals surface area contributed by atoms with E-state index < -0.39 is 0 Å². The van der Waals surface area contributed by atoms with Gasteiger partial charge in [0.1, 0.15) is 0 Å². The van der Waals surface area contributed by atoms with E-state index in [2.05, 4.69) is 24.1 Å². The van der Waals surface area contributed by atoms with E-state index in [-0.39, 0.29) is 0 Å². The molecule has 3 nitrogen and oxygen atoms in total. The fourth-order valence-electron chi connectivity index (χ4n) is 1.00. The Morgan fingerprint density at radius 1 is 1.43 bits per heavy atom. The SMILES string of the molecule is CCCNc1ncc(COCCC)s1. The zero-order chi connectivity index (χ0) is 10.2. The largest absolute Gasteiger partial charge is 0.376 e. The Bertz CT molecular complexity index is 250. The molecule has 4 heteroatoms. The normalized spacial score (nSPS) is 10.4. The van der Waals surface area contributed by atoms with Gasteiger partial charge in [0.05, 0.1) is 11.5 Å². The third kappa shape index (κ3) is 4.07. The van der Waals surface area contributed by atoms with Crippen LogP contribution >= 0.6 is 11.3 Å². The number of nitrogens with one attached hydrogen (secondary N) is 1. The summed E-state index contributed by atoms with van der Waals surface area (Å²) in [6, 6.07) is 0. The molecule has 0 aliphatic carbocycles. The molecular formula is C10H18N2OS. The van der Waals surface area contributed by atoms with Gasteiger partial charge in [-0.15, -0.1) is 0 Å². The van der Waals surface area contributed by atoms with Gasteiger partial charge in [-0.2, -0.15) is 0 Å². The summed E-state index contributed by atoms with van der Waals surface area (Å²) in [5, 5.41) is 4.26. The van der Waals surface area contributed by atoms with Gasteiger partial charge in [-0.3, -0.25) is 0 Å². The minimum absolute atomic E-state index is 0.694. The van der Waals surface area contributed by atoms with E-state index in [0.29, 0.717) is 6.61 Å². The molecule has 80 valence electrons. The molecule has 0 aliphatic rings. The molecule has 0 aromatic carbocycles. The fraction of sp³-hybridized carbons (Fsp3) is 0.700. The van der Waals surface area contributed by atoms with E-state index in [9.17, 15) is 0 Å². The van der Waals surface area contributed by atoms with Crippen LogP contribution in [0.25, 0.3) is 0 Å². The van der Waals surface area contributed by atoms with Crippen LogP contribution in [0.3, 0.4) is 0 Å². The standard InChI is InChI=1S/C10H18N2OS/c1-3-5-11-10-12-7-9(14-10)8-13-6-4-2/h7H,3-6,8H2,1-2H3,(H,11,12). The van der Waals surface area contributed by atoms with Crippen LogP contribution in [0.1, 0.15) is 31.6 Å². The maximum absolute atomic E-state index is 5.43. The predicted octanol–water partition coefficient (Wildman–Crippen LogP) is 2.89. The molecule has 0 saturated heterocycles. The molecule has 1 N–H and O–H groups in total. The zero-order valence-electron chi connectivity index (χ0n) is 8.88. The molecule has 14 heavy (non-hydrogen) atoms. The van der Waals surface area contributed by atoms with Crippen LogP contribution in [0, 0.1) is 0 Å². The molecule has 0 unspecified atom stereocenters. The molecular weight excluding hydrogens is 196 g/mol. The molecule has 1 aromatic heterocycles. The lowest BCUT2D eigenvalue weighted by Gasteiger charge is -1.98. The number of ether oxygens (including phenoxy) is 1. The lowest BCUT2D eigenvalue weighted by molar-refractivity contribution is 0.123. The average molecular weight is 214 g/mol. The molecule has 1 heterocycles. The highest BCUT2D eigenvalue weighted by Crippen LogP contribution is 2.18. The van der Waals surface area contributed by atoms with Gasteiger partial charge < -0.3 is 10.1 Å². The summed E-state index contributed by atoms with van der Waals surface area (Å²) in [6.07, 6.45) is 4.08. The highest BCUT2D eigenvalue weighted by atomic mass is 32.1. The molecule has 0 spiro atoms. The van der Waals surface area contributed by atoms with Gasteiger partial charge >= 0.3 is 0 Å². The monoisotopic (exact) mass is 214 g/mol. The molecule has 0 aliphatic heterocycles. The van der Waals surface area contributed by atoms with Crippen LogP contribution in [0.4, 0.5) is 5.13 Å². The minimum atomic E-state index is 0.694. The molecule has 1 aromatic rings. The molecule has 1 rings (SSSR count). The van der Waals surface area contributed by atoms with Gasteiger partial charge in [0.15, 0.2) is 5.13 Å². The van der Waals surface area contributed by atoms with Crippen molar-refractivity contribution in [3.05, 3.63) is 11.1 Å². The lowest BCUT2D eigenvalue weighted by Crippen LogP contribution is -1.97. The first-order chi connectivity index (χ1) is 6.86. The van der Waals surface area contributed by atoms with Gasteiger partial charge in [0.25, 0.3) is 0 Å². The molecule has 0 amide bonds. The number of nitrogens with zero attached hydrogens (tertiary/aromatic N) is 1. The van der Waals surface area contributed by atoms with Crippen LogP contribution in [0.5, 0.6) is 0 Å². The number of rotatable bonds is 7. The Kier molecular flexibility index (Phi) is 5.56. The second-order valence-corrected chi connectivity index (χ2v) is 4.23. The van der Waals surface area contributed by atoms with Crippen molar-refractivity contribution in [2.75, 3.05) is 18.5 Å². The van der Waals surface area contributed by atoms with Crippen molar-refractivity contribution in [3.63, 3.8) is 0 Å². The fourth-order valence-corrected chi connectivity index (χ4v) is 1.78. The van der Waals surface area contributed by atoms with Crippen LogP contribution in [-0.2, 0) is 11.3 Å². The van der Waals surface area contributed by atoms with E-state index in [1.165, 1.54) is 4.88 Å². The Morgan fingerprint density at radius 3 is 3.00 bits per heavy atom. The van der Waals surface area contributed by atoms with Gasteiger partial charge in [-0.05, 0) is 12.8 Å². The van der Waals surface area contributed by atoms with E-state index in [4.69, 9.17) is 4.74 Å². The van der Waals surface area contributed by atoms with Crippen molar-refractivity contribution >= 4 is 16.5 Å². The van der Waals surface area contributed by atoms with Crippen molar-refractivity contribution in [2.24, 2.45) is 0 Å². The van der Waals surface area contributed by atoms with Crippen LogP contribution in [0.2, 0.25) is 0 Å². The first kappa shape index (κ1) is 11.5. The maximum atomic E-state index is 5.43. The third-order valence-electron chi connectivity index (χ3n) is 1.67. The Morgan fingerprint density at radius 2 is 2.29 bits per heavy atom. The molecule has 0 bridgehead atoms. The van der Waals surface area contributed by atoms with E-state index >= 15 is 0 Å². The van der Waals surface area contributed by atoms with E-state index in [0.717, 1.165) is 31.1 Å². The summed E-state index contributed by atoms with van der Waals surface area (Å²) >= 11 is 1.68. The van der Waals surface area contributed by atoms with Gasteiger partial charge in [0, 0.05) is 19.3 Å². The van der Waals surface area contributed by atoms with Crippen LogP contribution in [0.15, 0.2) is 6.20 Å². The van der Waals surface area contributed by atoms with Crippen molar-refractivity contribution in [1.29, 1.82) is 0 Å². The van der Waals surface area contributed by atoms with Crippen molar-refractivity contribution in [3.8, 4) is 0 Å². The predicted molar refractivity (Wildman–Crippen MR) is 60.8 cm³/mol. The summed E-state index contributed by atoms with van der Waals surface area (Å²) in [7, 11) is 0. The first-order valence-corrected chi connectivity index (χ1v) is 5.94. The van der Waals surface area contributed by atoms with Gasteiger partial charge in [-0.25, -0.2) is 4.98 Å². The van der Waals surface area contributed by atoms with Crippen molar-refractivity contribution < 1.29 is 4.74 Å². The molecule has 0 fully saturated rings. The molecule has 0 atom stereocenters. The summed E-state index contributed by atoms with van der Waals surface area (Å²) in [5.41, 5.74) is 0. The van der Waals surface area contributed by atoms with E-state index in [1.54, 1.807) is 11.3 Å². The second kappa shape index (κ2) is 6.79. The first-order valence-electron chi connectivity index (χ1n) is 5.13. The van der Waals surface area contributed by atoms with Crippen molar-refractivity contribution in [1.82, 2.24) is 4.98 Å². The van der Waals surface area contributed by atoms with Crippen LogP contribution in [-0.4, -0.2) is 18.1 Å². The molecule has 0 radical (unpaired) electrons.